The van der Waals surface area contributed by atoms with Crippen LogP contribution >= 0.6 is 11.8 Å². The van der Waals surface area contributed by atoms with Crippen molar-refractivity contribution >= 4 is 23.3 Å². The van der Waals surface area contributed by atoms with E-state index in [4.69, 9.17) is 4.74 Å². The number of rotatable bonds is 11. The Morgan fingerprint density at radius 3 is 2.61 bits per heavy atom. The summed E-state index contributed by atoms with van der Waals surface area (Å²) < 4.78 is 6.21. The van der Waals surface area contributed by atoms with Gasteiger partial charge in [0.2, 0.25) is 0 Å². The molecule has 1 aromatic rings. The lowest BCUT2D eigenvalue weighted by Gasteiger charge is -2.33. The zero-order valence-electron chi connectivity index (χ0n) is 19.8. The Morgan fingerprint density at radius 1 is 1.19 bits per heavy atom. The van der Waals surface area contributed by atoms with Gasteiger partial charge < -0.3 is 9.84 Å². The van der Waals surface area contributed by atoms with Crippen LogP contribution in [0.4, 0.5) is 0 Å². The number of hydrogen-bond acceptors (Lipinski definition) is 3. The molecule has 2 rings (SSSR count). The van der Waals surface area contributed by atoms with E-state index >= 15 is 0 Å². The van der Waals surface area contributed by atoms with Crippen molar-refractivity contribution in [1.82, 2.24) is 0 Å². The number of thioether (sulfide) groups is 1. The molecule has 1 aliphatic heterocycles. The van der Waals surface area contributed by atoms with Crippen molar-refractivity contribution in [2.75, 3.05) is 12.4 Å². The molecule has 0 saturated heterocycles. The van der Waals surface area contributed by atoms with E-state index in [9.17, 15) is 9.90 Å². The van der Waals surface area contributed by atoms with E-state index in [2.05, 4.69) is 32.9 Å². The fraction of sp³-hybridized carbons (Fsp3) is 0.519. The second-order valence-corrected chi connectivity index (χ2v) is 9.97. The van der Waals surface area contributed by atoms with Crippen LogP contribution in [0.5, 0.6) is 5.75 Å². The first-order chi connectivity index (χ1) is 14.8. The molecule has 0 unspecified atom stereocenters. The molecule has 3 nitrogen and oxygen atoms in total. The molecule has 31 heavy (non-hydrogen) atoms. The Balaban J connectivity index is 2.48. The molecule has 1 aromatic carbocycles. The third-order valence-corrected chi connectivity index (χ3v) is 6.89. The Bertz CT molecular complexity index is 846. The monoisotopic (exact) mass is 442 g/mol. The summed E-state index contributed by atoms with van der Waals surface area (Å²) in [4.78, 5) is 13.5. The average Bonchev–Trinajstić information content (AvgIpc) is 2.71. The van der Waals surface area contributed by atoms with E-state index in [0.29, 0.717) is 23.5 Å². The topological polar surface area (TPSA) is 46.5 Å². The van der Waals surface area contributed by atoms with Crippen LogP contribution in [0.3, 0.4) is 0 Å². The van der Waals surface area contributed by atoms with Crippen molar-refractivity contribution < 1.29 is 14.6 Å². The quantitative estimate of drug-likeness (QED) is 0.216. The van der Waals surface area contributed by atoms with Crippen molar-refractivity contribution in [2.45, 2.75) is 83.5 Å². The summed E-state index contributed by atoms with van der Waals surface area (Å²) in [6, 6.07) is 4.15. The number of ether oxygens (including phenoxy) is 1. The van der Waals surface area contributed by atoms with Gasteiger partial charge in [0.15, 0.2) is 0 Å². The Labute approximate surface area is 192 Å². The van der Waals surface area contributed by atoms with Crippen LogP contribution in [0, 0.1) is 0 Å². The van der Waals surface area contributed by atoms with Crippen molar-refractivity contribution in [3.8, 4) is 5.75 Å². The Morgan fingerprint density at radius 2 is 1.94 bits per heavy atom. The number of allylic oxidation sites excluding steroid dienone is 5. The van der Waals surface area contributed by atoms with Crippen molar-refractivity contribution in [2.24, 2.45) is 0 Å². The normalized spacial score (nSPS) is 16.4. The average molecular weight is 443 g/mol. The van der Waals surface area contributed by atoms with Crippen LogP contribution in [0.1, 0.15) is 84.3 Å². The number of benzene rings is 1. The van der Waals surface area contributed by atoms with Gasteiger partial charge in [-0.1, -0.05) is 70.8 Å². The zero-order chi connectivity index (χ0) is 22.9. The van der Waals surface area contributed by atoms with E-state index in [1.807, 2.05) is 49.9 Å². The lowest BCUT2D eigenvalue weighted by molar-refractivity contribution is -0.130. The molecule has 0 aliphatic carbocycles. The standard InChI is InChI=1S/C27H38O3S/c1-6-8-10-11-13-16-30-23-19-24-22(27(4,5)15-17-31-24)18-21(23)25(26(28)29)20(3)14-12-9-7-2/h7,9,12,14,18-19H,6,8,10-11,13,15-17H2,1-5H3,(H,28,29). The van der Waals surface area contributed by atoms with E-state index in [1.165, 1.54) is 29.7 Å². The van der Waals surface area contributed by atoms with Crippen molar-refractivity contribution in [3.05, 3.63) is 53.1 Å². The summed E-state index contributed by atoms with van der Waals surface area (Å²) in [6.07, 6.45) is 14.5. The van der Waals surface area contributed by atoms with Crippen LogP contribution in [-0.4, -0.2) is 23.4 Å². The number of carboxylic acid groups (broad SMARTS) is 1. The fourth-order valence-electron chi connectivity index (χ4n) is 3.85. The molecule has 0 aromatic heterocycles. The molecule has 0 atom stereocenters. The van der Waals surface area contributed by atoms with Crippen molar-refractivity contribution in [3.63, 3.8) is 0 Å². The molecule has 0 radical (unpaired) electrons. The predicted octanol–water partition coefficient (Wildman–Crippen LogP) is 7.80. The first-order valence-corrected chi connectivity index (χ1v) is 12.5. The van der Waals surface area contributed by atoms with Gasteiger partial charge in [-0.3, -0.25) is 0 Å². The van der Waals surface area contributed by atoms with Gasteiger partial charge in [0.25, 0.3) is 0 Å². The molecular formula is C27H38O3S. The molecule has 170 valence electrons. The highest BCUT2D eigenvalue weighted by atomic mass is 32.2. The third kappa shape index (κ3) is 7.03. The van der Waals surface area contributed by atoms with E-state index in [-0.39, 0.29) is 5.41 Å². The van der Waals surface area contributed by atoms with Gasteiger partial charge in [0.05, 0.1) is 12.2 Å². The number of fused-ring (bicyclic) bond motifs is 1. The summed E-state index contributed by atoms with van der Waals surface area (Å²) in [6.45, 7) is 11.1. The zero-order valence-corrected chi connectivity index (χ0v) is 20.6. The van der Waals surface area contributed by atoms with Crippen LogP contribution in [0.2, 0.25) is 0 Å². The Hall–Kier alpha value is -1.94. The van der Waals surface area contributed by atoms with Crippen LogP contribution < -0.4 is 4.74 Å². The van der Waals surface area contributed by atoms with Gasteiger partial charge >= 0.3 is 5.97 Å². The second-order valence-electron chi connectivity index (χ2n) is 8.84. The van der Waals surface area contributed by atoms with Crippen LogP contribution in [-0.2, 0) is 10.2 Å². The highest BCUT2D eigenvalue weighted by molar-refractivity contribution is 7.99. The lowest BCUT2D eigenvalue weighted by atomic mass is 9.80. The molecular weight excluding hydrogens is 404 g/mol. The summed E-state index contributed by atoms with van der Waals surface area (Å²) in [7, 11) is 0. The first-order valence-electron chi connectivity index (χ1n) is 11.5. The van der Waals surface area contributed by atoms with Gasteiger partial charge in [-0.05, 0) is 61.1 Å². The minimum atomic E-state index is -0.920. The first kappa shape index (κ1) is 25.3. The number of unbranched alkanes of at least 4 members (excludes halogenated alkanes) is 4. The lowest BCUT2D eigenvalue weighted by Crippen LogP contribution is -2.23. The molecule has 0 amide bonds. The van der Waals surface area contributed by atoms with E-state index < -0.39 is 5.97 Å². The van der Waals surface area contributed by atoms with Crippen LogP contribution in [0.15, 0.2) is 46.9 Å². The number of hydrogen-bond donors (Lipinski definition) is 1. The third-order valence-electron chi connectivity index (χ3n) is 5.83. The van der Waals surface area contributed by atoms with Crippen LogP contribution in [0.25, 0.3) is 5.57 Å². The Kier molecular flexibility index (Phi) is 9.95. The highest BCUT2D eigenvalue weighted by Gasteiger charge is 2.31. The maximum atomic E-state index is 12.3. The van der Waals surface area contributed by atoms with Gasteiger partial charge in [-0.25, -0.2) is 4.79 Å². The number of carboxylic acids is 1. The van der Waals surface area contributed by atoms with Gasteiger partial charge in [-0.2, -0.15) is 0 Å². The minimum absolute atomic E-state index is 0.0202. The van der Waals surface area contributed by atoms with Gasteiger partial charge in [0.1, 0.15) is 5.75 Å². The number of aliphatic carboxylic acids is 1. The molecule has 0 bridgehead atoms. The molecule has 1 heterocycles. The molecule has 0 fully saturated rings. The predicted molar refractivity (Wildman–Crippen MR) is 133 cm³/mol. The van der Waals surface area contributed by atoms with Gasteiger partial charge in [-0.15, -0.1) is 11.8 Å². The SMILES string of the molecule is CC=CC=CC(C)=C(C(=O)O)c1cc2c(cc1OCCCCCCC)SCCC2(C)C. The summed E-state index contributed by atoms with van der Waals surface area (Å²) in [5.74, 6) is 0.843. The molecule has 0 saturated carbocycles. The summed E-state index contributed by atoms with van der Waals surface area (Å²) >= 11 is 1.84. The molecule has 0 spiro atoms. The largest absolute Gasteiger partial charge is 0.493 e. The molecule has 1 N–H and O–H groups in total. The molecule has 1 aliphatic rings. The van der Waals surface area contributed by atoms with Gasteiger partial charge in [0, 0.05) is 10.5 Å². The highest BCUT2D eigenvalue weighted by Crippen LogP contribution is 2.45. The molecule has 4 heteroatoms. The van der Waals surface area contributed by atoms with Crippen molar-refractivity contribution in [1.29, 1.82) is 0 Å². The summed E-state index contributed by atoms with van der Waals surface area (Å²) in [5, 5.41) is 10.1. The number of carbonyl (C=O) groups is 1. The maximum Gasteiger partial charge on any atom is 0.336 e. The van der Waals surface area contributed by atoms with E-state index in [1.54, 1.807) is 0 Å². The van der Waals surface area contributed by atoms with E-state index in [0.717, 1.165) is 30.6 Å². The fourth-order valence-corrected chi connectivity index (χ4v) is 5.37. The smallest absolute Gasteiger partial charge is 0.336 e. The maximum absolute atomic E-state index is 12.3. The minimum Gasteiger partial charge on any atom is -0.493 e. The second kappa shape index (κ2) is 12.2. The summed E-state index contributed by atoms with van der Waals surface area (Å²) in [5.41, 5.74) is 2.97.